The summed E-state index contributed by atoms with van der Waals surface area (Å²) >= 11 is 0. The fraction of sp³-hybridized carbons (Fsp3) is 0.478. The molecule has 0 saturated carbocycles. The summed E-state index contributed by atoms with van der Waals surface area (Å²) in [5.74, 6) is 1.57. The minimum absolute atomic E-state index is 0.221. The first-order chi connectivity index (χ1) is 13.2. The van der Waals surface area contributed by atoms with Crippen LogP contribution in [0.5, 0.6) is 17.2 Å². The van der Waals surface area contributed by atoms with Gasteiger partial charge in [0.1, 0.15) is 5.75 Å². The number of hydrogen-bond acceptors (Lipinski definition) is 4. The molecule has 4 heteroatoms. The minimum Gasteiger partial charge on any atom is -0.504 e. The molecule has 1 saturated heterocycles. The molecule has 1 heterocycles. The smallest absolute Gasteiger partial charge is 0.169 e. The molecule has 2 aromatic rings. The van der Waals surface area contributed by atoms with Crippen LogP contribution in [0.1, 0.15) is 37.3 Å². The van der Waals surface area contributed by atoms with Gasteiger partial charge in [-0.1, -0.05) is 44.0 Å². The Balaban J connectivity index is 1.67. The number of rotatable bonds is 8. The summed E-state index contributed by atoms with van der Waals surface area (Å²) < 4.78 is 6.10. The zero-order valence-electron chi connectivity index (χ0n) is 16.7. The van der Waals surface area contributed by atoms with E-state index in [1.807, 2.05) is 24.3 Å². The second kappa shape index (κ2) is 9.77. The van der Waals surface area contributed by atoms with Crippen molar-refractivity contribution in [1.29, 1.82) is 0 Å². The molecule has 0 atom stereocenters. The molecular weight excluding hydrogens is 336 g/mol. The predicted molar refractivity (Wildman–Crippen MR) is 111 cm³/mol. The summed E-state index contributed by atoms with van der Waals surface area (Å²) in [6, 6.07) is 13.9. The van der Waals surface area contributed by atoms with Crippen molar-refractivity contribution in [1.82, 2.24) is 9.80 Å². The molecule has 0 unspecified atom stereocenters. The van der Waals surface area contributed by atoms with Crippen molar-refractivity contribution >= 4 is 0 Å². The highest BCUT2D eigenvalue weighted by atomic mass is 16.5. The van der Waals surface area contributed by atoms with Crippen molar-refractivity contribution in [3.8, 4) is 17.2 Å². The number of likely N-dealkylation sites (N-methyl/N-ethyl adjacent to an activating group) is 1. The zero-order valence-corrected chi connectivity index (χ0v) is 16.7. The summed E-state index contributed by atoms with van der Waals surface area (Å²) in [6.07, 6.45) is 4.58. The van der Waals surface area contributed by atoms with Crippen LogP contribution < -0.4 is 4.74 Å². The highest BCUT2D eigenvalue weighted by Gasteiger charge is 2.16. The monoisotopic (exact) mass is 368 g/mol. The maximum absolute atomic E-state index is 10.4. The fourth-order valence-electron chi connectivity index (χ4n) is 3.48. The third-order valence-electron chi connectivity index (χ3n) is 5.27. The lowest BCUT2D eigenvalue weighted by atomic mass is 10.1. The lowest BCUT2D eigenvalue weighted by molar-refractivity contribution is 0.147. The summed E-state index contributed by atoms with van der Waals surface area (Å²) in [5.41, 5.74) is 2.33. The molecule has 1 N–H and O–H groups in total. The Hall–Kier alpha value is -2.04. The lowest BCUT2D eigenvalue weighted by Crippen LogP contribution is -2.43. The first kappa shape index (κ1) is 19.7. The van der Waals surface area contributed by atoms with E-state index >= 15 is 0 Å². The van der Waals surface area contributed by atoms with Crippen LogP contribution in [0.3, 0.4) is 0 Å². The number of nitrogens with zero attached hydrogens (tertiary/aromatic N) is 2. The molecule has 1 aliphatic heterocycles. The number of aromatic hydroxyl groups is 1. The van der Waals surface area contributed by atoms with Crippen LogP contribution in [0.2, 0.25) is 0 Å². The SMILES string of the molecule is CCCCCc1ccc(Oc2ccccc2CN2CCN(C)CC2)c(O)c1. The number of benzene rings is 2. The van der Waals surface area contributed by atoms with Gasteiger partial charge in [0, 0.05) is 38.3 Å². The summed E-state index contributed by atoms with van der Waals surface area (Å²) in [4.78, 5) is 4.82. The van der Waals surface area contributed by atoms with Crippen molar-refractivity contribution < 1.29 is 9.84 Å². The zero-order chi connectivity index (χ0) is 19.1. The van der Waals surface area contributed by atoms with E-state index in [0.717, 1.165) is 56.9 Å². The van der Waals surface area contributed by atoms with Crippen molar-refractivity contribution in [2.45, 2.75) is 39.2 Å². The third kappa shape index (κ3) is 5.72. The molecule has 0 amide bonds. The Kier molecular flexibility index (Phi) is 7.13. The van der Waals surface area contributed by atoms with Crippen LogP contribution in [0.15, 0.2) is 42.5 Å². The quantitative estimate of drug-likeness (QED) is 0.687. The van der Waals surface area contributed by atoms with Gasteiger partial charge in [0.05, 0.1) is 0 Å². The second-order valence-corrected chi connectivity index (χ2v) is 7.55. The number of piperazine rings is 1. The molecular formula is C23H32N2O2. The lowest BCUT2D eigenvalue weighted by Gasteiger charge is -2.32. The maximum Gasteiger partial charge on any atom is 0.169 e. The maximum atomic E-state index is 10.4. The number of para-hydroxylation sites is 1. The van der Waals surface area contributed by atoms with Crippen LogP contribution in [0.25, 0.3) is 0 Å². The molecule has 0 aromatic heterocycles. The Morgan fingerprint density at radius 1 is 0.963 bits per heavy atom. The predicted octanol–water partition coefficient (Wildman–Crippen LogP) is 4.66. The fourth-order valence-corrected chi connectivity index (χ4v) is 3.48. The molecule has 0 radical (unpaired) electrons. The highest BCUT2D eigenvalue weighted by Crippen LogP contribution is 2.34. The van der Waals surface area contributed by atoms with E-state index in [0.29, 0.717) is 5.75 Å². The Morgan fingerprint density at radius 2 is 1.74 bits per heavy atom. The normalized spacial score (nSPS) is 15.8. The van der Waals surface area contributed by atoms with E-state index in [1.54, 1.807) is 0 Å². The average molecular weight is 369 g/mol. The van der Waals surface area contributed by atoms with Crippen LogP contribution >= 0.6 is 0 Å². The number of phenols is 1. The first-order valence-electron chi connectivity index (χ1n) is 10.1. The Bertz CT molecular complexity index is 724. The molecule has 146 valence electrons. The molecule has 4 nitrogen and oxygen atoms in total. The summed E-state index contributed by atoms with van der Waals surface area (Å²) in [5, 5.41) is 10.4. The van der Waals surface area contributed by atoms with Gasteiger partial charge < -0.3 is 14.7 Å². The summed E-state index contributed by atoms with van der Waals surface area (Å²) in [6.45, 7) is 7.42. The van der Waals surface area contributed by atoms with E-state index in [4.69, 9.17) is 4.74 Å². The second-order valence-electron chi connectivity index (χ2n) is 7.55. The van der Waals surface area contributed by atoms with Crippen molar-refractivity contribution in [3.05, 3.63) is 53.6 Å². The van der Waals surface area contributed by atoms with Gasteiger partial charge in [0.15, 0.2) is 11.5 Å². The highest BCUT2D eigenvalue weighted by molar-refractivity contribution is 5.46. The van der Waals surface area contributed by atoms with Crippen molar-refractivity contribution in [2.75, 3.05) is 33.2 Å². The van der Waals surface area contributed by atoms with Crippen LogP contribution in [-0.2, 0) is 13.0 Å². The molecule has 1 fully saturated rings. The molecule has 3 rings (SSSR count). The number of phenolic OH excluding ortho intramolecular Hbond substituents is 1. The number of aryl methyl sites for hydroxylation is 1. The first-order valence-corrected chi connectivity index (χ1v) is 10.1. The van der Waals surface area contributed by atoms with Crippen molar-refractivity contribution in [3.63, 3.8) is 0 Å². The van der Waals surface area contributed by atoms with E-state index < -0.39 is 0 Å². The topological polar surface area (TPSA) is 35.9 Å². The van der Waals surface area contributed by atoms with Gasteiger partial charge in [0.25, 0.3) is 0 Å². The molecule has 0 aliphatic carbocycles. The Morgan fingerprint density at radius 3 is 2.48 bits per heavy atom. The summed E-state index contributed by atoms with van der Waals surface area (Å²) in [7, 11) is 2.17. The van der Waals surface area contributed by atoms with E-state index in [2.05, 4.69) is 42.0 Å². The third-order valence-corrected chi connectivity index (χ3v) is 5.27. The van der Waals surface area contributed by atoms with E-state index in [9.17, 15) is 5.11 Å². The van der Waals surface area contributed by atoms with Gasteiger partial charge in [-0.3, -0.25) is 4.90 Å². The molecule has 27 heavy (non-hydrogen) atoms. The molecule has 1 aliphatic rings. The van der Waals surface area contributed by atoms with Gasteiger partial charge in [-0.2, -0.15) is 0 Å². The van der Waals surface area contributed by atoms with Gasteiger partial charge in [-0.15, -0.1) is 0 Å². The minimum atomic E-state index is 0.221. The number of unbranched alkanes of at least 4 members (excludes halogenated alkanes) is 2. The largest absolute Gasteiger partial charge is 0.504 e. The van der Waals surface area contributed by atoms with Crippen LogP contribution in [-0.4, -0.2) is 48.1 Å². The van der Waals surface area contributed by atoms with Crippen LogP contribution in [0, 0.1) is 0 Å². The van der Waals surface area contributed by atoms with Gasteiger partial charge in [0.2, 0.25) is 0 Å². The van der Waals surface area contributed by atoms with E-state index in [1.165, 1.54) is 18.4 Å². The Labute approximate surface area is 163 Å². The molecule has 0 spiro atoms. The number of ether oxygens (including phenoxy) is 1. The van der Waals surface area contributed by atoms with Gasteiger partial charge in [-0.05, 0) is 43.7 Å². The van der Waals surface area contributed by atoms with Gasteiger partial charge in [-0.25, -0.2) is 0 Å². The van der Waals surface area contributed by atoms with E-state index in [-0.39, 0.29) is 5.75 Å². The molecule has 0 bridgehead atoms. The number of hydrogen-bond donors (Lipinski definition) is 1. The standard InChI is InChI=1S/C23H32N2O2/c1-3-4-5-8-19-11-12-23(21(26)17-19)27-22-10-7-6-9-20(22)18-25-15-13-24(2)14-16-25/h6-7,9-12,17,26H,3-5,8,13-16,18H2,1-2H3. The van der Waals surface area contributed by atoms with Crippen LogP contribution in [0.4, 0.5) is 0 Å². The molecule has 2 aromatic carbocycles. The van der Waals surface area contributed by atoms with Crippen molar-refractivity contribution in [2.24, 2.45) is 0 Å². The average Bonchev–Trinajstić information content (AvgIpc) is 2.67. The van der Waals surface area contributed by atoms with Gasteiger partial charge >= 0.3 is 0 Å².